The van der Waals surface area contributed by atoms with Crippen LogP contribution < -0.4 is 5.32 Å². The fourth-order valence-electron chi connectivity index (χ4n) is 2.27. The molecule has 0 aliphatic carbocycles. The molecule has 4 nitrogen and oxygen atoms in total. The van der Waals surface area contributed by atoms with Crippen LogP contribution >= 0.6 is 0 Å². The van der Waals surface area contributed by atoms with E-state index in [-0.39, 0.29) is 0 Å². The summed E-state index contributed by atoms with van der Waals surface area (Å²) in [5, 5.41) is 7.39. The van der Waals surface area contributed by atoms with E-state index in [0.717, 1.165) is 50.6 Å². The van der Waals surface area contributed by atoms with Crippen LogP contribution in [0.5, 0.6) is 0 Å². The van der Waals surface area contributed by atoms with Gasteiger partial charge in [-0.15, -0.1) is 0 Å². The number of hydrogen-bond acceptors (Lipinski definition) is 4. The Kier molecular flexibility index (Phi) is 2.03. The number of nitrogens with one attached hydrogen (secondary N) is 1. The molecule has 0 unspecified atom stereocenters. The molecule has 76 valence electrons. The van der Waals surface area contributed by atoms with Crippen LogP contribution in [0.1, 0.15) is 35.8 Å². The van der Waals surface area contributed by atoms with E-state index >= 15 is 0 Å². The van der Waals surface area contributed by atoms with Gasteiger partial charge in [-0.25, -0.2) is 0 Å². The van der Waals surface area contributed by atoms with E-state index in [1.165, 1.54) is 5.56 Å². The summed E-state index contributed by atoms with van der Waals surface area (Å²) in [4.78, 5) is 0. The van der Waals surface area contributed by atoms with E-state index in [9.17, 15) is 0 Å². The van der Waals surface area contributed by atoms with E-state index < -0.39 is 0 Å². The van der Waals surface area contributed by atoms with Gasteiger partial charge in [-0.2, -0.15) is 0 Å². The van der Waals surface area contributed by atoms with E-state index in [4.69, 9.17) is 9.26 Å². The zero-order chi connectivity index (χ0) is 9.38. The van der Waals surface area contributed by atoms with Crippen molar-refractivity contribution >= 4 is 0 Å². The third kappa shape index (κ3) is 1.26. The fraction of sp³-hybridized carbons (Fsp3) is 0.700. The lowest BCUT2D eigenvalue weighted by Crippen LogP contribution is -2.15. The summed E-state index contributed by atoms with van der Waals surface area (Å²) < 4.78 is 10.8. The molecule has 0 aromatic carbocycles. The average Bonchev–Trinajstić information content (AvgIpc) is 2.79. The zero-order valence-corrected chi connectivity index (χ0v) is 8.08. The normalized spacial score (nSPS) is 22.6. The van der Waals surface area contributed by atoms with Gasteiger partial charge in [0, 0.05) is 37.8 Å². The van der Waals surface area contributed by atoms with E-state index in [1.807, 2.05) is 0 Å². The molecule has 4 heteroatoms. The molecule has 1 aromatic heterocycles. The second-order valence-corrected chi connectivity index (χ2v) is 3.96. The molecule has 3 heterocycles. The smallest absolute Gasteiger partial charge is 0.144 e. The maximum Gasteiger partial charge on any atom is 0.144 e. The van der Waals surface area contributed by atoms with Crippen molar-refractivity contribution in [2.45, 2.75) is 31.8 Å². The zero-order valence-electron chi connectivity index (χ0n) is 8.08. The first kappa shape index (κ1) is 8.44. The third-order valence-electron chi connectivity index (χ3n) is 3.09. The van der Waals surface area contributed by atoms with Crippen molar-refractivity contribution in [3.05, 3.63) is 17.0 Å². The number of nitrogens with zero attached hydrogens (tertiary/aromatic N) is 1. The predicted molar refractivity (Wildman–Crippen MR) is 49.8 cm³/mol. The molecule has 1 aromatic rings. The number of ether oxygens (including phenoxy) is 1. The minimum absolute atomic E-state index is 0.528. The molecule has 1 fully saturated rings. The lowest BCUT2D eigenvalue weighted by Gasteiger charge is -2.20. The van der Waals surface area contributed by atoms with Gasteiger partial charge in [0.25, 0.3) is 0 Å². The first-order chi connectivity index (χ1) is 6.95. The quantitative estimate of drug-likeness (QED) is 0.729. The van der Waals surface area contributed by atoms with Crippen LogP contribution in [0.15, 0.2) is 4.52 Å². The lowest BCUT2D eigenvalue weighted by molar-refractivity contribution is 0.0787. The van der Waals surface area contributed by atoms with Crippen molar-refractivity contribution in [3.63, 3.8) is 0 Å². The van der Waals surface area contributed by atoms with Crippen molar-refractivity contribution in [2.75, 3.05) is 13.2 Å². The monoisotopic (exact) mass is 194 g/mol. The third-order valence-corrected chi connectivity index (χ3v) is 3.09. The molecule has 3 rings (SSSR count). The molecule has 0 spiro atoms. The van der Waals surface area contributed by atoms with Gasteiger partial charge in [0.15, 0.2) is 0 Å². The van der Waals surface area contributed by atoms with Crippen molar-refractivity contribution in [1.82, 2.24) is 10.5 Å². The average molecular weight is 194 g/mol. The fourth-order valence-corrected chi connectivity index (χ4v) is 2.27. The van der Waals surface area contributed by atoms with Gasteiger partial charge < -0.3 is 14.6 Å². The largest absolute Gasteiger partial charge is 0.381 e. The molecule has 0 radical (unpaired) electrons. The minimum Gasteiger partial charge on any atom is -0.381 e. The number of rotatable bonds is 1. The van der Waals surface area contributed by atoms with Gasteiger partial charge in [0.05, 0.1) is 0 Å². The summed E-state index contributed by atoms with van der Waals surface area (Å²) in [5.74, 6) is 1.63. The number of aromatic nitrogens is 1. The van der Waals surface area contributed by atoms with Crippen molar-refractivity contribution < 1.29 is 9.26 Å². The van der Waals surface area contributed by atoms with E-state index in [0.29, 0.717) is 5.92 Å². The van der Waals surface area contributed by atoms with Crippen LogP contribution in [0.3, 0.4) is 0 Å². The lowest BCUT2D eigenvalue weighted by atomic mass is 9.94. The molecular formula is C10H14N2O2. The second kappa shape index (κ2) is 3.37. The maximum absolute atomic E-state index is 5.43. The van der Waals surface area contributed by atoms with E-state index in [2.05, 4.69) is 10.5 Å². The SMILES string of the molecule is C1CC(c2onc3c2CNC3)CCO1. The van der Waals surface area contributed by atoms with Crippen LogP contribution in [-0.2, 0) is 17.8 Å². The highest BCUT2D eigenvalue weighted by Crippen LogP contribution is 2.32. The van der Waals surface area contributed by atoms with Crippen LogP contribution in [0, 0.1) is 0 Å². The number of fused-ring (bicyclic) bond motifs is 1. The van der Waals surface area contributed by atoms with Crippen LogP contribution in [0.25, 0.3) is 0 Å². The Labute approximate surface area is 82.6 Å². The van der Waals surface area contributed by atoms with Gasteiger partial charge in [-0.3, -0.25) is 0 Å². The summed E-state index contributed by atoms with van der Waals surface area (Å²) in [6.07, 6.45) is 2.14. The topological polar surface area (TPSA) is 47.3 Å². The molecule has 2 aliphatic rings. The predicted octanol–water partition coefficient (Wildman–Crippen LogP) is 1.17. The first-order valence-electron chi connectivity index (χ1n) is 5.21. The maximum atomic E-state index is 5.43. The van der Waals surface area contributed by atoms with Gasteiger partial charge >= 0.3 is 0 Å². The number of hydrogen-bond donors (Lipinski definition) is 1. The Morgan fingerprint density at radius 2 is 2.07 bits per heavy atom. The molecule has 2 aliphatic heterocycles. The van der Waals surface area contributed by atoms with Gasteiger partial charge in [0.1, 0.15) is 11.5 Å². The molecule has 0 saturated carbocycles. The molecule has 0 bridgehead atoms. The molecule has 1 saturated heterocycles. The first-order valence-corrected chi connectivity index (χ1v) is 5.21. The summed E-state index contributed by atoms with van der Waals surface area (Å²) >= 11 is 0. The highest BCUT2D eigenvalue weighted by Gasteiger charge is 2.27. The Morgan fingerprint density at radius 3 is 2.93 bits per heavy atom. The second-order valence-electron chi connectivity index (χ2n) is 3.96. The molecule has 0 atom stereocenters. The Hall–Kier alpha value is -0.870. The van der Waals surface area contributed by atoms with Crippen molar-refractivity contribution in [3.8, 4) is 0 Å². The summed E-state index contributed by atoms with van der Waals surface area (Å²) in [6.45, 7) is 3.49. The standard InChI is InChI=1S/C10H14N2O2/c1-3-13-4-2-7(1)10-8-5-11-6-9(8)12-14-10/h7,11H,1-6H2. The van der Waals surface area contributed by atoms with Crippen LogP contribution in [-0.4, -0.2) is 18.4 Å². The van der Waals surface area contributed by atoms with Gasteiger partial charge in [0.2, 0.25) is 0 Å². The molecule has 1 N–H and O–H groups in total. The summed E-state index contributed by atoms with van der Waals surface area (Å²) in [7, 11) is 0. The Morgan fingerprint density at radius 1 is 1.21 bits per heavy atom. The molecular weight excluding hydrogens is 180 g/mol. The summed E-state index contributed by atoms with van der Waals surface area (Å²) in [5.41, 5.74) is 2.41. The highest BCUT2D eigenvalue weighted by atomic mass is 16.5. The van der Waals surface area contributed by atoms with Crippen LogP contribution in [0.2, 0.25) is 0 Å². The van der Waals surface area contributed by atoms with Gasteiger partial charge in [-0.05, 0) is 12.8 Å². The molecule has 0 amide bonds. The van der Waals surface area contributed by atoms with Crippen molar-refractivity contribution in [1.29, 1.82) is 0 Å². The molecule has 14 heavy (non-hydrogen) atoms. The Bertz CT molecular complexity index is 329. The van der Waals surface area contributed by atoms with E-state index in [1.54, 1.807) is 0 Å². The van der Waals surface area contributed by atoms with Crippen molar-refractivity contribution in [2.24, 2.45) is 0 Å². The Balaban J connectivity index is 1.88. The summed E-state index contributed by atoms with van der Waals surface area (Å²) in [6, 6.07) is 0. The van der Waals surface area contributed by atoms with Crippen LogP contribution in [0.4, 0.5) is 0 Å². The van der Waals surface area contributed by atoms with Gasteiger partial charge in [-0.1, -0.05) is 5.16 Å². The highest BCUT2D eigenvalue weighted by molar-refractivity contribution is 5.28. The minimum atomic E-state index is 0.528.